The number of aromatic nitrogens is 2. The van der Waals surface area contributed by atoms with Crippen LogP contribution in [0.25, 0.3) is 22.3 Å². The Morgan fingerprint density at radius 3 is 2.48 bits per heavy atom. The Kier molecular flexibility index (Phi) is 7.50. The molecule has 3 aromatic carbocycles. The summed E-state index contributed by atoms with van der Waals surface area (Å²) in [6.45, 7) is 1.32. The molecule has 0 aliphatic heterocycles. The lowest BCUT2D eigenvalue weighted by Crippen LogP contribution is -2.26. The molecule has 4 aromatic rings. The highest BCUT2D eigenvalue weighted by Crippen LogP contribution is 2.27. The molecule has 33 heavy (non-hydrogen) atoms. The standard InChI is InChI=1S/C25H22Cl2N2O4/c1-31-19-9-6-17(7-10-19)24-28-22-5-3-2-4-20(22)25(30)29(24)12-13-32-14-15-33-23-11-8-18(26)16-21(23)27/h2-11,16H,12-15H2,1H3. The first-order chi connectivity index (χ1) is 16.1. The predicted molar refractivity (Wildman–Crippen MR) is 131 cm³/mol. The number of ether oxygens (including phenoxy) is 3. The van der Waals surface area contributed by atoms with Crippen LogP contribution in [0.3, 0.4) is 0 Å². The minimum Gasteiger partial charge on any atom is -0.497 e. The highest BCUT2D eigenvalue weighted by atomic mass is 35.5. The molecule has 0 saturated carbocycles. The lowest BCUT2D eigenvalue weighted by molar-refractivity contribution is 0.0941. The fraction of sp³-hybridized carbons (Fsp3) is 0.200. The highest BCUT2D eigenvalue weighted by molar-refractivity contribution is 6.35. The van der Waals surface area contributed by atoms with Crippen molar-refractivity contribution in [1.29, 1.82) is 0 Å². The van der Waals surface area contributed by atoms with E-state index in [1.54, 1.807) is 35.9 Å². The van der Waals surface area contributed by atoms with Gasteiger partial charge in [0.2, 0.25) is 0 Å². The van der Waals surface area contributed by atoms with E-state index in [1.165, 1.54) is 0 Å². The van der Waals surface area contributed by atoms with E-state index >= 15 is 0 Å². The third kappa shape index (κ3) is 5.47. The van der Waals surface area contributed by atoms with E-state index in [-0.39, 0.29) is 5.56 Å². The topological polar surface area (TPSA) is 62.6 Å². The van der Waals surface area contributed by atoms with E-state index in [2.05, 4.69) is 0 Å². The average molecular weight is 485 g/mol. The van der Waals surface area contributed by atoms with Crippen LogP contribution in [0, 0.1) is 0 Å². The number of nitrogens with zero attached hydrogens (tertiary/aromatic N) is 2. The monoisotopic (exact) mass is 484 g/mol. The lowest BCUT2D eigenvalue weighted by atomic mass is 10.1. The summed E-state index contributed by atoms with van der Waals surface area (Å²) in [4.78, 5) is 18.0. The van der Waals surface area contributed by atoms with Crippen LogP contribution in [0.2, 0.25) is 10.0 Å². The second-order valence-electron chi connectivity index (χ2n) is 7.17. The molecule has 0 saturated heterocycles. The third-order valence-corrected chi connectivity index (χ3v) is 5.58. The minimum atomic E-state index is -0.112. The van der Waals surface area contributed by atoms with E-state index in [4.69, 9.17) is 42.4 Å². The van der Waals surface area contributed by atoms with E-state index in [0.29, 0.717) is 58.9 Å². The van der Waals surface area contributed by atoms with E-state index in [1.807, 2.05) is 42.5 Å². The molecule has 8 heteroatoms. The molecule has 0 atom stereocenters. The van der Waals surface area contributed by atoms with Gasteiger partial charge in [0.15, 0.2) is 0 Å². The molecule has 0 bridgehead atoms. The van der Waals surface area contributed by atoms with Crippen molar-refractivity contribution in [2.75, 3.05) is 26.9 Å². The predicted octanol–water partition coefficient (Wildman–Crippen LogP) is 5.47. The Morgan fingerprint density at radius 1 is 0.939 bits per heavy atom. The Morgan fingerprint density at radius 2 is 1.73 bits per heavy atom. The molecule has 6 nitrogen and oxygen atoms in total. The van der Waals surface area contributed by atoms with Crippen LogP contribution in [-0.4, -0.2) is 36.5 Å². The summed E-state index contributed by atoms with van der Waals surface area (Å²) in [5.41, 5.74) is 1.36. The van der Waals surface area contributed by atoms with Crippen LogP contribution in [0.15, 0.2) is 71.5 Å². The second-order valence-corrected chi connectivity index (χ2v) is 8.02. The summed E-state index contributed by atoms with van der Waals surface area (Å²) in [5, 5.41) is 1.56. The fourth-order valence-corrected chi connectivity index (χ4v) is 3.86. The van der Waals surface area contributed by atoms with Gasteiger partial charge < -0.3 is 14.2 Å². The number of para-hydroxylation sites is 1. The number of halogens is 2. The van der Waals surface area contributed by atoms with Crippen LogP contribution in [0.5, 0.6) is 11.5 Å². The molecule has 0 fully saturated rings. The third-order valence-electron chi connectivity index (χ3n) is 5.05. The second kappa shape index (κ2) is 10.7. The zero-order valence-corrected chi connectivity index (χ0v) is 19.5. The summed E-state index contributed by atoms with van der Waals surface area (Å²) < 4.78 is 18.2. The van der Waals surface area contributed by atoms with Gasteiger partial charge in [-0.1, -0.05) is 35.3 Å². The Bertz CT molecular complexity index is 1310. The van der Waals surface area contributed by atoms with Crippen LogP contribution in [-0.2, 0) is 11.3 Å². The first-order valence-electron chi connectivity index (χ1n) is 10.4. The van der Waals surface area contributed by atoms with Gasteiger partial charge in [0.25, 0.3) is 5.56 Å². The Hall–Kier alpha value is -3.06. The van der Waals surface area contributed by atoms with Crippen LogP contribution >= 0.6 is 23.2 Å². The maximum absolute atomic E-state index is 13.2. The number of methoxy groups -OCH3 is 1. The van der Waals surface area contributed by atoms with Crippen molar-refractivity contribution in [3.63, 3.8) is 0 Å². The van der Waals surface area contributed by atoms with E-state index in [9.17, 15) is 4.79 Å². The van der Waals surface area contributed by atoms with Gasteiger partial charge in [-0.15, -0.1) is 0 Å². The van der Waals surface area contributed by atoms with Gasteiger partial charge in [-0.2, -0.15) is 0 Å². The molecule has 0 aliphatic rings. The van der Waals surface area contributed by atoms with Crippen molar-refractivity contribution in [3.05, 3.63) is 87.1 Å². The largest absolute Gasteiger partial charge is 0.497 e. The zero-order chi connectivity index (χ0) is 23.2. The Labute approximate surface area is 201 Å². The summed E-state index contributed by atoms with van der Waals surface area (Å²) in [5.74, 6) is 1.85. The molecule has 4 rings (SSSR count). The van der Waals surface area contributed by atoms with Crippen molar-refractivity contribution < 1.29 is 14.2 Å². The molecule has 170 valence electrons. The molecular weight excluding hydrogens is 463 g/mol. The summed E-state index contributed by atoms with van der Waals surface area (Å²) in [6, 6.07) is 19.8. The van der Waals surface area contributed by atoms with Crippen molar-refractivity contribution in [3.8, 4) is 22.9 Å². The molecule has 0 N–H and O–H groups in total. The molecule has 1 aromatic heterocycles. The molecule has 0 radical (unpaired) electrons. The van der Waals surface area contributed by atoms with Gasteiger partial charge >= 0.3 is 0 Å². The quantitative estimate of drug-likeness (QED) is 0.294. The van der Waals surface area contributed by atoms with Crippen molar-refractivity contribution >= 4 is 34.1 Å². The molecule has 0 unspecified atom stereocenters. The highest BCUT2D eigenvalue weighted by Gasteiger charge is 2.13. The van der Waals surface area contributed by atoms with Crippen LogP contribution in [0.4, 0.5) is 0 Å². The molecule has 0 aliphatic carbocycles. The van der Waals surface area contributed by atoms with E-state index in [0.717, 1.165) is 11.3 Å². The number of benzene rings is 3. The fourth-order valence-electron chi connectivity index (χ4n) is 3.40. The maximum atomic E-state index is 13.2. The normalized spacial score (nSPS) is 11.0. The van der Waals surface area contributed by atoms with Crippen LogP contribution in [0.1, 0.15) is 0 Å². The Balaban J connectivity index is 1.46. The van der Waals surface area contributed by atoms with Gasteiger partial charge in [0.05, 0.1) is 42.8 Å². The maximum Gasteiger partial charge on any atom is 0.261 e. The van der Waals surface area contributed by atoms with Gasteiger partial charge in [-0.25, -0.2) is 4.98 Å². The summed E-state index contributed by atoms with van der Waals surface area (Å²) >= 11 is 12.0. The van der Waals surface area contributed by atoms with E-state index < -0.39 is 0 Å². The first kappa shape index (κ1) is 23.1. The summed E-state index contributed by atoms with van der Waals surface area (Å²) in [6.07, 6.45) is 0. The molecule has 1 heterocycles. The van der Waals surface area contributed by atoms with Crippen molar-refractivity contribution in [2.45, 2.75) is 6.54 Å². The van der Waals surface area contributed by atoms with Crippen LogP contribution < -0.4 is 15.0 Å². The SMILES string of the molecule is COc1ccc(-c2nc3ccccc3c(=O)n2CCOCCOc2ccc(Cl)cc2Cl)cc1. The lowest BCUT2D eigenvalue weighted by Gasteiger charge is -2.14. The molecular formula is C25H22Cl2N2O4. The van der Waals surface area contributed by atoms with Gasteiger partial charge in [-0.3, -0.25) is 9.36 Å². The van der Waals surface area contributed by atoms with Crippen molar-refractivity contribution in [2.24, 2.45) is 0 Å². The zero-order valence-electron chi connectivity index (χ0n) is 18.0. The van der Waals surface area contributed by atoms with Gasteiger partial charge in [-0.05, 0) is 54.6 Å². The number of fused-ring (bicyclic) bond motifs is 1. The number of rotatable bonds is 9. The average Bonchev–Trinajstić information content (AvgIpc) is 2.83. The minimum absolute atomic E-state index is 0.112. The summed E-state index contributed by atoms with van der Waals surface area (Å²) in [7, 11) is 1.61. The van der Waals surface area contributed by atoms with Gasteiger partial charge in [0.1, 0.15) is 23.9 Å². The number of hydrogen-bond donors (Lipinski definition) is 0. The number of hydrogen-bond acceptors (Lipinski definition) is 5. The van der Waals surface area contributed by atoms with Gasteiger partial charge in [0, 0.05) is 10.6 Å². The molecule has 0 spiro atoms. The molecule has 0 amide bonds. The first-order valence-corrected chi connectivity index (χ1v) is 11.1. The smallest absolute Gasteiger partial charge is 0.261 e. The van der Waals surface area contributed by atoms with Crippen molar-refractivity contribution in [1.82, 2.24) is 9.55 Å².